The third-order valence-corrected chi connectivity index (χ3v) is 1.19. The third kappa shape index (κ3) is 1.70. The summed E-state index contributed by atoms with van der Waals surface area (Å²) in [4.78, 5) is 3.94. The predicted molar refractivity (Wildman–Crippen MR) is 32.5 cm³/mol. The summed E-state index contributed by atoms with van der Waals surface area (Å²) in [5, 5.41) is 24.9. The van der Waals surface area contributed by atoms with E-state index in [1.165, 1.54) is 13.8 Å². The molecule has 0 saturated carbocycles. The van der Waals surface area contributed by atoms with Gasteiger partial charge in [-0.3, -0.25) is 5.26 Å². The minimum atomic E-state index is -1.11. The van der Waals surface area contributed by atoms with Crippen molar-refractivity contribution in [3.63, 3.8) is 0 Å². The normalized spacial score (nSPS) is 10.6. The molecule has 0 saturated heterocycles. The van der Waals surface area contributed by atoms with Crippen LogP contribution in [0.25, 0.3) is 0 Å². The van der Waals surface area contributed by atoms with Crippen LogP contribution in [0.15, 0.2) is 0 Å². The van der Waals surface area contributed by atoms with E-state index in [2.05, 4.69) is 4.89 Å². The summed E-state index contributed by atoms with van der Waals surface area (Å²) in [6.45, 7) is 2.92. The molecule has 0 aliphatic rings. The maximum absolute atomic E-state index is 8.33. The fourth-order valence-corrected chi connectivity index (χ4v) is 0.392. The zero-order chi connectivity index (χ0) is 8.20. The lowest BCUT2D eigenvalue weighted by atomic mass is 9.94. The highest BCUT2D eigenvalue weighted by Gasteiger charge is 2.30. The van der Waals surface area contributed by atoms with Crippen LogP contribution < -0.4 is 0 Å². The Morgan fingerprint density at radius 1 is 1.40 bits per heavy atom. The van der Waals surface area contributed by atoms with Crippen LogP contribution in [0, 0.1) is 28.6 Å². The van der Waals surface area contributed by atoms with Crippen molar-refractivity contribution < 1.29 is 10.1 Å². The molecule has 0 aliphatic heterocycles. The maximum Gasteiger partial charge on any atom is 0.164 e. The van der Waals surface area contributed by atoms with Gasteiger partial charge in [0.2, 0.25) is 0 Å². The number of nitrogens with zero attached hydrogens (tertiary/aromatic N) is 2. The first-order valence-corrected chi connectivity index (χ1v) is 2.70. The van der Waals surface area contributed by atoms with Gasteiger partial charge in [0, 0.05) is 0 Å². The number of nitriles is 2. The molecule has 0 rings (SSSR count). The summed E-state index contributed by atoms with van der Waals surface area (Å²) in [6, 6.07) is 3.39. The van der Waals surface area contributed by atoms with Crippen LogP contribution in [0.1, 0.15) is 13.8 Å². The van der Waals surface area contributed by atoms with Crippen molar-refractivity contribution >= 4 is 0 Å². The van der Waals surface area contributed by atoms with E-state index in [9.17, 15) is 0 Å². The van der Waals surface area contributed by atoms with E-state index in [4.69, 9.17) is 15.8 Å². The highest BCUT2D eigenvalue weighted by atomic mass is 17.1. The monoisotopic (exact) mass is 140 g/mol. The van der Waals surface area contributed by atoms with Crippen LogP contribution in [0.3, 0.4) is 0 Å². The summed E-state index contributed by atoms with van der Waals surface area (Å²) >= 11 is 0. The highest BCUT2D eigenvalue weighted by molar-refractivity contribution is 5.07. The molecule has 0 aromatic carbocycles. The molecule has 4 heteroatoms. The summed E-state index contributed by atoms with van der Waals surface area (Å²) < 4.78 is 0. The quantitative estimate of drug-likeness (QED) is 0.457. The number of hydrogen-bond acceptors (Lipinski definition) is 4. The first-order valence-electron chi connectivity index (χ1n) is 2.70. The lowest BCUT2D eigenvalue weighted by molar-refractivity contribution is -0.317. The van der Waals surface area contributed by atoms with Crippen LogP contribution in [0.2, 0.25) is 0 Å². The van der Waals surface area contributed by atoms with Gasteiger partial charge in [0.05, 0.1) is 12.1 Å². The van der Waals surface area contributed by atoms with E-state index in [1.807, 2.05) is 0 Å². The molecular weight excluding hydrogens is 132 g/mol. The van der Waals surface area contributed by atoms with Crippen molar-refractivity contribution in [1.82, 2.24) is 0 Å². The minimum absolute atomic E-state index is 0.947. The van der Waals surface area contributed by atoms with E-state index in [0.29, 0.717) is 0 Å². The molecule has 0 amide bonds. The van der Waals surface area contributed by atoms with Crippen molar-refractivity contribution in [3.05, 3.63) is 0 Å². The molecule has 1 N–H and O–H groups in total. The molecule has 0 spiro atoms. The minimum Gasteiger partial charge on any atom is -0.251 e. The van der Waals surface area contributed by atoms with Gasteiger partial charge in [-0.15, -0.1) is 0 Å². The average molecular weight is 140 g/mol. The highest BCUT2D eigenvalue weighted by Crippen LogP contribution is 2.18. The SMILES string of the molecule is CC(C)(OO)C(C#N)C#N. The second-order valence-corrected chi connectivity index (χ2v) is 2.39. The Bertz CT molecular complexity index is 173. The van der Waals surface area contributed by atoms with Gasteiger partial charge in [0.25, 0.3) is 0 Å². The van der Waals surface area contributed by atoms with Crippen LogP contribution in [-0.2, 0) is 4.89 Å². The smallest absolute Gasteiger partial charge is 0.164 e. The van der Waals surface area contributed by atoms with Gasteiger partial charge in [-0.05, 0) is 13.8 Å². The van der Waals surface area contributed by atoms with E-state index >= 15 is 0 Å². The summed E-state index contributed by atoms with van der Waals surface area (Å²) in [5.41, 5.74) is -1.11. The molecule has 4 nitrogen and oxygen atoms in total. The van der Waals surface area contributed by atoms with Crippen LogP contribution in [0.5, 0.6) is 0 Å². The van der Waals surface area contributed by atoms with Gasteiger partial charge in [-0.2, -0.15) is 10.5 Å². The molecule has 0 bridgehead atoms. The Hall–Kier alpha value is -1.10. The Balaban J connectivity index is 4.34. The van der Waals surface area contributed by atoms with Gasteiger partial charge in [0.1, 0.15) is 5.60 Å². The molecule has 54 valence electrons. The fraction of sp³-hybridized carbons (Fsp3) is 0.667. The van der Waals surface area contributed by atoms with E-state index in [1.54, 1.807) is 12.1 Å². The third-order valence-electron chi connectivity index (χ3n) is 1.19. The topological polar surface area (TPSA) is 77.0 Å². The Labute approximate surface area is 59.2 Å². The van der Waals surface area contributed by atoms with Crippen molar-refractivity contribution in [2.24, 2.45) is 5.92 Å². The van der Waals surface area contributed by atoms with Crippen LogP contribution in [-0.4, -0.2) is 10.9 Å². The standard InChI is InChI=1S/C6H8N2O2/c1-6(2,10-9)5(3-7)4-8/h5,9H,1-2H3. The maximum atomic E-state index is 8.33. The van der Waals surface area contributed by atoms with E-state index in [0.717, 1.165) is 0 Å². The first-order chi connectivity index (χ1) is 4.58. The molecule has 10 heavy (non-hydrogen) atoms. The van der Waals surface area contributed by atoms with Crippen molar-refractivity contribution in [3.8, 4) is 12.1 Å². The van der Waals surface area contributed by atoms with Gasteiger partial charge in [0.15, 0.2) is 5.92 Å². The van der Waals surface area contributed by atoms with Gasteiger partial charge in [-0.1, -0.05) is 0 Å². The number of hydrogen-bond donors (Lipinski definition) is 1. The fourth-order valence-electron chi connectivity index (χ4n) is 0.392. The summed E-state index contributed by atoms with van der Waals surface area (Å²) in [5.74, 6) is -0.947. The Morgan fingerprint density at radius 2 is 1.80 bits per heavy atom. The molecule has 0 aromatic heterocycles. The molecule has 0 atom stereocenters. The molecule has 0 aromatic rings. The lowest BCUT2D eigenvalue weighted by Crippen LogP contribution is -2.31. The largest absolute Gasteiger partial charge is 0.251 e. The zero-order valence-corrected chi connectivity index (χ0v) is 5.83. The van der Waals surface area contributed by atoms with Crippen molar-refractivity contribution in [2.75, 3.05) is 0 Å². The zero-order valence-electron chi connectivity index (χ0n) is 5.83. The second kappa shape index (κ2) is 3.17. The molecular formula is C6H8N2O2. The molecule has 0 radical (unpaired) electrons. The summed E-state index contributed by atoms with van der Waals surface area (Å²) in [6.07, 6.45) is 0. The summed E-state index contributed by atoms with van der Waals surface area (Å²) in [7, 11) is 0. The van der Waals surface area contributed by atoms with E-state index in [-0.39, 0.29) is 0 Å². The van der Waals surface area contributed by atoms with Crippen molar-refractivity contribution in [2.45, 2.75) is 19.4 Å². The lowest BCUT2D eigenvalue weighted by Gasteiger charge is -2.19. The van der Waals surface area contributed by atoms with Crippen LogP contribution >= 0.6 is 0 Å². The first kappa shape index (κ1) is 8.90. The van der Waals surface area contributed by atoms with Gasteiger partial charge >= 0.3 is 0 Å². The number of rotatable bonds is 2. The Kier molecular flexibility index (Phi) is 2.82. The molecule has 0 fully saturated rings. The van der Waals surface area contributed by atoms with Crippen LogP contribution in [0.4, 0.5) is 0 Å². The van der Waals surface area contributed by atoms with Gasteiger partial charge in [-0.25, -0.2) is 4.89 Å². The molecule has 0 aliphatic carbocycles. The average Bonchev–Trinajstić information content (AvgIpc) is 1.90. The van der Waals surface area contributed by atoms with Crippen molar-refractivity contribution in [1.29, 1.82) is 10.5 Å². The predicted octanol–water partition coefficient (Wildman–Crippen LogP) is 0.918. The molecule has 0 unspecified atom stereocenters. The second-order valence-electron chi connectivity index (χ2n) is 2.39. The molecule has 0 heterocycles. The van der Waals surface area contributed by atoms with Gasteiger partial charge < -0.3 is 0 Å². The Morgan fingerprint density at radius 3 is 1.90 bits per heavy atom. The van der Waals surface area contributed by atoms with E-state index < -0.39 is 11.5 Å².